The predicted molar refractivity (Wildman–Crippen MR) is 115 cm³/mol. The van der Waals surface area contributed by atoms with E-state index in [9.17, 15) is 4.79 Å². The molecule has 5 rings (SSSR count). The maximum Gasteiger partial charge on any atom is 0.231 e. The fraction of sp³-hybridized carbons (Fsp3) is 0.458. The molecule has 2 saturated heterocycles. The summed E-state index contributed by atoms with van der Waals surface area (Å²) in [4.78, 5) is 19.1. The van der Waals surface area contributed by atoms with Crippen LogP contribution in [0.4, 0.5) is 5.69 Å². The maximum atomic E-state index is 13.1. The molecule has 30 heavy (non-hydrogen) atoms. The number of anilines is 1. The van der Waals surface area contributed by atoms with Gasteiger partial charge in [0.05, 0.1) is 13.1 Å². The minimum atomic E-state index is 0.189. The predicted octanol–water partition coefficient (Wildman–Crippen LogP) is 1.56. The number of carbonyl (C=O) groups excluding carboxylic acids is 1. The zero-order valence-corrected chi connectivity index (χ0v) is 17.4. The van der Waals surface area contributed by atoms with Crippen LogP contribution in [-0.4, -0.2) is 56.9 Å². The van der Waals surface area contributed by atoms with Gasteiger partial charge in [0, 0.05) is 56.2 Å². The highest BCUT2D eigenvalue weighted by Gasteiger charge is 2.32. The van der Waals surface area contributed by atoms with Crippen molar-refractivity contribution in [3.8, 4) is 11.5 Å². The molecule has 2 aromatic rings. The highest BCUT2D eigenvalue weighted by molar-refractivity contribution is 5.79. The first-order valence-corrected chi connectivity index (χ1v) is 11.1. The Morgan fingerprint density at radius 1 is 0.933 bits per heavy atom. The fourth-order valence-corrected chi connectivity index (χ4v) is 4.87. The van der Waals surface area contributed by atoms with Crippen LogP contribution in [0.15, 0.2) is 48.5 Å². The number of rotatable bonds is 4. The van der Waals surface area contributed by atoms with E-state index < -0.39 is 0 Å². The number of benzene rings is 2. The summed E-state index contributed by atoms with van der Waals surface area (Å²) >= 11 is 0. The Balaban J connectivity index is 1.09. The van der Waals surface area contributed by atoms with Crippen molar-refractivity contribution in [2.75, 3.05) is 51.0 Å². The van der Waals surface area contributed by atoms with Crippen LogP contribution in [0.2, 0.25) is 0 Å². The Labute approximate surface area is 178 Å². The van der Waals surface area contributed by atoms with E-state index in [2.05, 4.69) is 46.2 Å². The summed E-state index contributed by atoms with van der Waals surface area (Å²) in [6, 6.07) is 16.7. The van der Waals surface area contributed by atoms with Crippen LogP contribution in [0.3, 0.4) is 0 Å². The maximum absolute atomic E-state index is 13.1. The lowest BCUT2D eigenvalue weighted by atomic mass is 9.94. The molecule has 0 aliphatic carbocycles. The number of carbonyl (C=O) groups is 1. The van der Waals surface area contributed by atoms with Gasteiger partial charge < -0.3 is 24.2 Å². The molecule has 0 unspecified atom stereocenters. The fourth-order valence-electron chi connectivity index (χ4n) is 4.87. The van der Waals surface area contributed by atoms with Crippen molar-refractivity contribution < 1.29 is 19.2 Å². The van der Waals surface area contributed by atoms with E-state index in [0.717, 1.165) is 70.2 Å². The summed E-state index contributed by atoms with van der Waals surface area (Å²) in [6.07, 6.45) is 1.97. The highest BCUT2D eigenvalue weighted by atomic mass is 16.7. The molecule has 0 radical (unpaired) electrons. The third-order valence-electron chi connectivity index (χ3n) is 6.65. The van der Waals surface area contributed by atoms with Gasteiger partial charge in [0.1, 0.15) is 6.54 Å². The Kier molecular flexibility index (Phi) is 5.49. The number of hydrogen-bond donors (Lipinski definition) is 1. The standard InChI is InChI=1S/C24H29N3O3/c28-24(27-14-12-26(13-15-27)21-4-2-1-3-5-21)20-8-10-25(11-9-20)17-19-6-7-22-23(16-19)30-18-29-22/h1-7,16,20H,8-15,17-18H2/p+1. The summed E-state index contributed by atoms with van der Waals surface area (Å²) in [5.41, 5.74) is 2.53. The normalized spacial score (nSPS) is 23.5. The Morgan fingerprint density at radius 3 is 2.43 bits per heavy atom. The first-order valence-electron chi connectivity index (χ1n) is 11.1. The van der Waals surface area contributed by atoms with Crippen LogP contribution in [0, 0.1) is 5.92 Å². The Hall–Kier alpha value is -2.73. The summed E-state index contributed by atoms with van der Waals surface area (Å²) in [6.45, 7) is 6.90. The van der Waals surface area contributed by atoms with Gasteiger partial charge in [0.15, 0.2) is 11.5 Å². The van der Waals surface area contributed by atoms with Crippen molar-refractivity contribution >= 4 is 11.6 Å². The van der Waals surface area contributed by atoms with E-state index in [1.165, 1.54) is 11.3 Å². The molecule has 2 fully saturated rings. The molecule has 0 atom stereocenters. The quantitative estimate of drug-likeness (QED) is 0.834. The number of piperidine rings is 1. The van der Waals surface area contributed by atoms with E-state index in [1.807, 2.05) is 12.1 Å². The van der Waals surface area contributed by atoms with Crippen molar-refractivity contribution in [3.63, 3.8) is 0 Å². The number of hydrogen-bond acceptors (Lipinski definition) is 4. The SMILES string of the molecule is O=C(C1CC[NH+](Cc2ccc3c(c2)OCO3)CC1)N1CCN(c2ccccc2)CC1. The molecule has 6 nitrogen and oxygen atoms in total. The van der Waals surface area contributed by atoms with E-state index in [-0.39, 0.29) is 5.92 Å². The number of nitrogens with zero attached hydrogens (tertiary/aromatic N) is 2. The van der Waals surface area contributed by atoms with E-state index in [0.29, 0.717) is 12.7 Å². The Bertz CT molecular complexity index is 873. The molecule has 1 N–H and O–H groups in total. The zero-order chi connectivity index (χ0) is 20.3. The number of ether oxygens (including phenoxy) is 2. The second-order valence-corrected chi connectivity index (χ2v) is 8.54. The molecular formula is C24H30N3O3+. The summed E-state index contributed by atoms with van der Waals surface area (Å²) in [5, 5.41) is 0. The number of amides is 1. The average molecular weight is 409 g/mol. The van der Waals surface area contributed by atoms with Crippen LogP contribution in [0.25, 0.3) is 0 Å². The highest BCUT2D eigenvalue weighted by Crippen LogP contribution is 2.32. The Morgan fingerprint density at radius 2 is 1.67 bits per heavy atom. The van der Waals surface area contributed by atoms with Crippen molar-refractivity contribution in [1.29, 1.82) is 0 Å². The van der Waals surface area contributed by atoms with Crippen molar-refractivity contribution in [3.05, 3.63) is 54.1 Å². The van der Waals surface area contributed by atoms with Crippen molar-refractivity contribution in [1.82, 2.24) is 4.90 Å². The smallest absolute Gasteiger partial charge is 0.231 e. The molecule has 0 aromatic heterocycles. The lowest BCUT2D eigenvalue weighted by Crippen LogP contribution is -3.11. The van der Waals surface area contributed by atoms with Crippen LogP contribution < -0.4 is 19.3 Å². The number of nitrogens with one attached hydrogen (secondary N) is 1. The van der Waals surface area contributed by atoms with Crippen LogP contribution in [0.1, 0.15) is 18.4 Å². The van der Waals surface area contributed by atoms with Gasteiger partial charge in [-0.25, -0.2) is 0 Å². The van der Waals surface area contributed by atoms with Gasteiger partial charge in [-0.2, -0.15) is 0 Å². The number of likely N-dealkylation sites (tertiary alicyclic amines) is 1. The number of para-hydroxylation sites is 1. The van der Waals surface area contributed by atoms with Gasteiger partial charge in [-0.1, -0.05) is 18.2 Å². The van der Waals surface area contributed by atoms with E-state index in [4.69, 9.17) is 9.47 Å². The molecular weight excluding hydrogens is 378 g/mol. The number of quaternary nitrogens is 1. The number of fused-ring (bicyclic) bond motifs is 1. The van der Waals surface area contributed by atoms with Crippen LogP contribution in [-0.2, 0) is 11.3 Å². The molecule has 0 saturated carbocycles. The van der Waals surface area contributed by atoms with Gasteiger partial charge in [0.25, 0.3) is 0 Å². The van der Waals surface area contributed by atoms with E-state index in [1.54, 1.807) is 4.90 Å². The molecule has 6 heteroatoms. The van der Waals surface area contributed by atoms with Gasteiger partial charge >= 0.3 is 0 Å². The molecule has 3 aliphatic rings. The summed E-state index contributed by atoms with van der Waals surface area (Å²) in [7, 11) is 0. The van der Waals surface area contributed by atoms with Gasteiger partial charge in [-0.05, 0) is 30.3 Å². The molecule has 0 bridgehead atoms. The summed E-state index contributed by atoms with van der Waals surface area (Å²) < 4.78 is 10.9. The third kappa shape index (κ3) is 4.10. The second-order valence-electron chi connectivity index (χ2n) is 8.54. The van der Waals surface area contributed by atoms with Gasteiger partial charge in [0.2, 0.25) is 12.7 Å². The molecule has 158 valence electrons. The lowest BCUT2D eigenvalue weighted by molar-refractivity contribution is -0.919. The third-order valence-corrected chi connectivity index (χ3v) is 6.65. The van der Waals surface area contributed by atoms with Crippen molar-refractivity contribution in [2.24, 2.45) is 5.92 Å². The zero-order valence-electron chi connectivity index (χ0n) is 17.4. The first kappa shape index (κ1) is 19.2. The van der Waals surface area contributed by atoms with Crippen LogP contribution in [0.5, 0.6) is 11.5 Å². The number of piperazine rings is 1. The van der Waals surface area contributed by atoms with Crippen molar-refractivity contribution in [2.45, 2.75) is 19.4 Å². The van der Waals surface area contributed by atoms with Gasteiger partial charge in [-0.3, -0.25) is 4.79 Å². The minimum absolute atomic E-state index is 0.189. The second kappa shape index (κ2) is 8.56. The first-order chi connectivity index (χ1) is 14.8. The molecule has 0 spiro atoms. The summed E-state index contributed by atoms with van der Waals surface area (Å²) in [5.74, 6) is 2.25. The molecule has 1 amide bonds. The monoisotopic (exact) mass is 408 g/mol. The topological polar surface area (TPSA) is 46.5 Å². The lowest BCUT2D eigenvalue weighted by Gasteiger charge is -2.38. The average Bonchev–Trinajstić information content (AvgIpc) is 3.28. The van der Waals surface area contributed by atoms with E-state index >= 15 is 0 Å². The minimum Gasteiger partial charge on any atom is -0.454 e. The molecule has 3 aliphatic heterocycles. The van der Waals surface area contributed by atoms with Gasteiger partial charge in [-0.15, -0.1) is 0 Å². The molecule has 3 heterocycles. The molecule has 2 aromatic carbocycles. The van der Waals surface area contributed by atoms with Crippen LogP contribution >= 0.6 is 0 Å². The largest absolute Gasteiger partial charge is 0.454 e.